The molecule has 0 rings (SSSR count). The topological polar surface area (TPSA) is 37.3 Å². The van der Waals surface area contributed by atoms with Gasteiger partial charge in [0, 0.05) is 6.42 Å². The van der Waals surface area contributed by atoms with Crippen molar-refractivity contribution in [3.63, 3.8) is 0 Å². The number of allylic oxidation sites excluding steroid dienone is 1. The predicted molar refractivity (Wildman–Crippen MR) is 59.2 cm³/mol. The van der Waals surface area contributed by atoms with Crippen molar-refractivity contribution in [2.45, 2.75) is 58.0 Å². The Morgan fingerprint density at radius 1 is 1.36 bits per heavy atom. The molecule has 0 spiro atoms. The second kappa shape index (κ2) is 8.95. The van der Waals surface area contributed by atoms with Crippen LogP contribution in [0.15, 0.2) is 12.7 Å². The van der Waals surface area contributed by atoms with E-state index in [0.717, 1.165) is 25.7 Å². The molecule has 0 amide bonds. The molecule has 0 saturated heterocycles. The highest BCUT2D eigenvalue weighted by molar-refractivity contribution is 5.88. The third kappa shape index (κ3) is 7.99. The molecule has 0 aliphatic carbocycles. The summed E-state index contributed by atoms with van der Waals surface area (Å²) >= 11 is 0. The summed E-state index contributed by atoms with van der Waals surface area (Å²) in [5.41, 5.74) is 0. The minimum atomic E-state index is -0.223. The van der Waals surface area contributed by atoms with Crippen LogP contribution in [0.1, 0.15) is 51.9 Å². The fourth-order valence-corrected chi connectivity index (χ4v) is 1.39. The number of rotatable bonds is 9. The van der Waals surface area contributed by atoms with Gasteiger partial charge in [-0.1, -0.05) is 32.8 Å². The predicted octanol–water partition coefficient (Wildman–Crippen LogP) is 2.85. The molecule has 0 aromatic heterocycles. The maximum Gasteiger partial charge on any atom is 0.155 e. The van der Waals surface area contributed by atoms with Crippen LogP contribution in [0, 0.1) is 0 Å². The van der Waals surface area contributed by atoms with Crippen LogP contribution in [0.2, 0.25) is 0 Å². The van der Waals surface area contributed by atoms with Crippen LogP contribution >= 0.6 is 0 Å². The smallest absolute Gasteiger partial charge is 0.155 e. The van der Waals surface area contributed by atoms with Gasteiger partial charge in [-0.05, 0) is 25.3 Å². The Bertz CT molecular complexity index is 164. The number of hydrogen-bond acceptors (Lipinski definition) is 2. The van der Waals surface area contributed by atoms with Crippen molar-refractivity contribution in [2.75, 3.05) is 0 Å². The fraction of sp³-hybridized carbons (Fsp3) is 0.750. The molecule has 0 heterocycles. The summed E-state index contributed by atoms with van der Waals surface area (Å²) in [6.45, 7) is 5.55. The van der Waals surface area contributed by atoms with Crippen molar-refractivity contribution in [1.29, 1.82) is 0 Å². The van der Waals surface area contributed by atoms with Crippen LogP contribution in [0.5, 0.6) is 0 Å². The van der Waals surface area contributed by atoms with Crippen LogP contribution in [-0.4, -0.2) is 17.0 Å². The lowest BCUT2D eigenvalue weighted by Crippen LogP contribution is -2.07. The lowest BCUT2D eigenvalue weighted by molar-refractivity contribution is -0.114. The quantitative estimate of drug-likeness (QED) is 0.457. The maximum absolute atomic E-state index is 10.9. The molecule has 2 nitrogen and oxygen atoms in total. The zero-order valence-corrected chi connectivity index (χ0v) is 9.17. The Morgan fingerprint density at radius 2 is 2.00 bits per heavy atom. The third-order valence-electron chi connectivity index (χ3n) is 2.33. The highest BCUT2D eigenvalue weighted by Gasteiger charge is 2.04. The van der Waals surface area contributed by atoms with Crippen molar-refractivity contribution in [1.82, 2.24) is 0 Å². The molecule has 0 fully saturated rings. The molecule has 0 aliphatic rings. The second-order valence-electron chi connectivity index (χ2n) is 3.71. The second-order valence-corrected chi connectivity index (χ2v) is 3.71. The summed E-state index contributed by atoms with van der Waals surface area (Å²) < 4.78 is 0. The average molecular weight is 198 g/mol. The minimum absolute atomic E-state index is 0.0748. The van der Waals surface area contributed by atoms with Crippen LogP contribution in [0.4, 0.5) is 0 Å². The van der Waals surface area contributed by atoms with E-state index in [-0.39, 0.29) is 11.9 Å². The normalized spacial score (nSPS) is 12.4. The molecule has 0 aromatic carbocycles. The number of carbonyl (C=O) groups is 1. The number of carbonyl (C=O) groups excluding carboxylic acids is 1. The molecule has 0 bridgehead atoms. The first-order valence-corrected chi connectivity index (χ1v) is 5.54. The molecule has 82 valence electrons. The van der Waals surface area contributed by atoms with Gasteiger partial charge < -0.3 is 5.11 Å². The van der Waals surface area contributed by atoms with E-state index in [9.17, 15) is 9.90 Å². The largest absolute Gasteiger partial charge is 0.393 e. The Hall–Kier alpha value is -0.630. The Balaban J connectivity index is 3.30. The number of aliphatic hydroxyl groups excluding tert-OH is 1. The number of aliphatic hydroxyl groups is 1. The van der Waals surface area contributed by atoms with Gasteiger partial charge in [0.25, 0.3) is 0 Å². The van der Waals surface area contributed by atoms with E-state index in [1.807, 2.05) is 0 Å². The van der Waals surface area contributed by atoms with Gasteiger partial charge in [-0.25, -0.2) is 0 Å². The van der Waals surface area contributed by atoms with E-state index in [1.54, 1.807) is 0 Å². The first kappa shape index (κ1) is 13.4. The van der Waals surface area contributed by atoms with Crippen LogP contribution in [0.25, 0.3) is 0 Å². The molecule has 0 saturated carbocycles. The van der Waals surface area contributed by atoms with E-state index in [4.69, 9.17) is 0 Å². The summed E-state index contributed by atoms with van der Waals surface area (Å²) in [5, 5.41) is 9.52. The van der Waals surface area contributed by atoms with E-state index in [2.05, 4.69) is 13.5 Å². The molecule has 2 heteroatoms. The standard InChI is InChI=1S/C12H22O2/c1-3-5-6-8-12(14)10-7-9-11(13)4-2/h4,12,14H,2-3,5-10H2,1H3. The highest BCUT2D eigenvalue weighted by atomic mass is 16.3. The summed E-state index contributed by atoms with van der Waals surface area (Å²) in [7, 11) is 0. The molecule has 0 aromatic rings. The van der Waals surface area contributed by atoms with Gasteiger partial charge in [0.2, 0.25) is 0 Å². The lowest BCUT2D eigenvalue weighted by Gasteiger charge is -2.08. The van der Waals surface area contributed by atoms with E-state index in [0.29, 0.717) is 6.42 Å². The lowest BCUT2D eigenvalue weighted by atomic mass is 10.0. The summed E-state index contributed by atoms with van der Waals surface area (Å²) in [6.07, 6.45) is 7.49. The van der Waals surface area contributed by atoms with Gasteiger partial charge in [-0.3, -0.25) is 4.79 Å². The number of unbranched alkanes of at least 4 members (excludes halogenated alkanes) is 2. The number of hydrogen-bond donors (Lipinski definition) is 1. The maximum atomic E-state index is 10.9. The molecule has 0 aliphatic heterocycles. The third-order valence-corrected chi connectivity index (χ3v) is 2.33. The molecular weight excluding hydrogens is 176 g/mol. The van der Waals surface area contributed by atoms with Crippen molar-refractivity contribution < 1.29 is 9.90 Å². The minimum Gasteiger partial charge on any atom is -0.393 e. The van der Waals surface area contributed by atoms with Gasteiger partial charge in [-0.2, -0.15) is 0 Å². The Kier molecular flexibility index (Phi) is 8.54. The van der Waals surface area contributed by atoms with Gasteiger partial charge in [0.1, 0.15) is 0 Å². The molecule has 1 unspecified atom stereocenters. The van der Waals surface area contributed by atoms with Gasteiger partial charge in [0.15, 0.2) is 5.78 Å². The SMILES string of the molecule is C=CC(=O)CCCC(O)CCCCC. The summed E-state index contributed by atoms with van der Waals surface area (Å²) in [4.78, 5) is 10.9. The summed E-state index contributed by atoms with van der Waals surface area (Å²) in [6, 6.07) is 0. The highest BCUT2D eigenvalue weighted by Crippen LogP contribution is 2.09. The van der Waals surface area contributed by atoms with E-state index < -0.39 is 0 Å². The van der Waals surface area contributed by atoms with Crippen molar-refractivity contribution in [3.05, 3.63) is 12.7 Å². The van der Waals surface area contributed by atoms with Gasteiger partial charge in [-0.15, -0.1) is 0 Å². The van der Waals surface area contributed by atoms with Crippen LogP contribution in [-0.2, 0) is 4.79 Å². The first-order valence-electron chi connectivity index (χ1n) is 5.54. The number of ketones is 1. The molecule has 1 N–H and O–H groups in total. The van der Waals surface area contributed by atoms with E-state index >= 15 is 0 Å². The summed E-state index contributed by atoms with van der Waals surface area (Å²) in [5.74, 6) is 0.0748. The molecule has 14 heavy (non-hydrogen) atoms. The zero-order valence-electron chi connectivity index (χ0n) is 9.17. The van der Waals surface area contributed by atoms with Gasteiger partial charge in [0.05, 0.1) is 6.10 Å². The monoisotopic (exact) mass is 198 g/mol. The zero-order chi connectivity index (χ0) is 10.8. The fourth-order valence-electron chi connectivity index (χ4n) is 1.39. The van der Waals surface area contributed by atoms with Crippen molar-refractivity contribution in [2.24, 2.45) is 0 Å². The van der Waals surface area contributed by atoms with E-state index in [1.165, 1.54) is 18.9 Å². The van der Waals surface area contributed by atoms with Gasteiger partial charge >= 0.3 is 0 Å². The van der Waals surface area contributed by atoms with Crippen LogP contribution < -0.4 is 0 Å². The molecule has 0 radical (unpaired) electrons. The Labute approximate surface area is 87.0 Å². The van der Waals surface area contributed by atoms with Crippen LogP contribution in [0.3, 0.4) is 0 Å². The molecule has 1 atom stereocenters. The Morgan fingerprint density at radius 3 is 2.57 bits per heavy atom. The average Bonchev–Trinajstić information content (AvgIpc) is 2.18. The van der Waals surface area contributed by atoms with Crippen molar-refractivity contribution in [3.8, 4) is 0 Å². The molecular formula is C12H22O2. The first-order chi connectivity index (χ1) is 6.70. The van der Waals surface area contributed by atoms with Crippen molar-refractivity contribution >= 4 is 5.78 Å².